The summed E-state index contributed by atoms with van der Waals surface area (Å²) in [4.78, 5) is 26.9. The van der Waals surface area contributed by atoms with Crippen molar-refractivity contribution in [3.8, 4) is 5.75 Å². The van der Waals surface area contributed by atoms with Crippen LogP contribution in [0.15, 0.2) is 72.8 Å². The molecule has 144 valence electrons. The molecule has 0 saturated carbocycles. The molecule has 0 bridgehead atoms. The number of aromatic amines is 1. The highest BCUT2D eigenvalue weighted by Crippen LogP contribution is 2.23. The molecule has 3 aromatic carbocycles. The number of fused-ring (bicyclic) bond motifs is 1. The zero-order valence-corrected chi connectivity index (χ0v) is 15.3. The SMILES string of the molecule is O=Cc1cc(NC(=O)c2cc3cc(F)ccc3[nH]2)ccc1OCc1ccccc1. The summed E-state index contributed by atoms with van der Waals surface area (Å²) >= 11 is 0. The quantitative estimate of drug-likeness (QED) is 0.459. The topological polar surface area (TPSA) is 71.2 Å². The lowest BCUT2D eigenvalue weighted by Crippen LogP contribution is -2.12. The number of rotatable bonds is 6. The number of hydrogen-bond donors (Lipinski definition) is 2. The Bertz CT molecular complexity index is 1190. The number of nitrogens with one attached hydrogen (secondary N) is 2. The lowest BCUT2D eigenvalue weighted by Gasteiger charge is -2.11. The Labute approximate surface area is 166 Å². The van der Waals surface area contributed by atoms with E-state index in [0.29, 0.717) is 46.5 Å². The van der Waals surface area contributed by atoms with Gasteiger partial charge in [-0.2, -0.15) is 0 Å². The molecule has 0 fully saturated rings. The fraction of sp³-hybridized carbons (Fsp3) is 0.0435. The number of halogens is 1. The van der Waals surface area contributed by atoms with Crippen molar-refractivity contribution >= 4 is 28.8 Å². The number of aromatic nitrogens is 1. The molecule has 1 heterocycles. The average Bonchev–Trinajstić information content (AvgIpc) is 3.17. The summed E-state index contributed by atoms with van der Waals surface area (Å²) < 4.78 is 19.1. The minimum Gasteiger partial charge on any atom is -0.488 e. The van der Waals surface area contributed by atoms with Crippen molar-refractivity contribution in [2.75, 3.05) is 5.32 Å². The van der Waals surface area contributed by atoms with Crippen LogP contribution in [-0.2, 0) is 6.61 Å². The molecular weight excluding hydrogens is 371 g/mol. The highest BCUT2D eigenvalue weighted by molar-refractivity contribution is 6.06. The van der Waals surface area contributed by atoms with Crippen LogP contribution in [0, 0.1) is 5.82 Å². The van der Waals surface area contributed by atoms with Crippen LogP contribution in [0.4, 0.5) is 10.1 Å². The average molecular weight is 388 g/mol. The van der Waals surface area contributed by atoms with Crippen LogP contribution in [0.3, 0.4) is 0 Å². The van der Waals surface area contributed by atoms with Crippen molar-refractivity contribution in [1.82, 2.24) is 4.98 Å². The van der Waals surface area contributed by atoms with Crippen molar-refractivity contribution in [1.29, 1.82) is 0 Å². The second kappa shape index (κ2) is 7.98. The lowest BCUT2D eigenvalue weighted by atomic mass is 10.2. The number of carbonyl (C=O) groups is 2. The zero-order chi connectivity index (χ0) is 20.2. The van der Waals surface area contributed by atoms with E-state index >= 15 is 0 Å². The van der Waals surface area contributed by atoms with Gasteiger partial charge in [-0.05, 0) is 48.0 Å². The fourth-order valence-electron chi connectivity index (χ4n) is 3.01. The van der Waals surface area contributed by atoms with E-state index in [1.54, 1.807) is 30.3 Å². The van der Waals surface area contributed by atoms with E-state index in [-0.39, 0.29) is 5.82 Å². The molecule has 4 aromatic rings. The molecule has 0 spiro atoms. The van der Waals surface area contributed by atoms with Crippen LogP contribution in [0.5, 0.6) is 5.75 Å². The van der Waals surface area contributed by atoms with Crippen molar-refractivity contribution in [3.63, 3.8) is 0 Å². The summed E-state index contributed by atoms with van der Waals surface area (Å²) in [5.41, 5.74) is 2.72. The van der Waals surface area contributed by atoms with Crippen LogP contribution >= 0.6 is 0 Å². The molecule has 1 aromatic heterocycles. The number of aldehydes is 1. The van der Waals surface area contributed by atoms with Crippen LogP contribution in [0.2, 0.25) is 0 Å². The summed E-state index contributed by atoms with van der Waals surface area (Å²) in [6.45, 7) is 0.332. The Kier molecular flexibility index (Phi) is 5.07. The van der Waals surface area contributed by atoms with Gasteiger partial charge in [-0.3, -0.25) is 9.59 Å². The summed E-state index contributed by atoms with van der Waals surface area (Å²) in [5.74, 6) is -0.329. The highest BCUT2D eigenvalue weighted by atomic mass is 19.1. The van der Waals surface area contributed by atoms with Gasteiger partial charge in [0.2, 0.25) is 0 Å². The van der Waals surface area contributed by atoms with Crippen LogP contribution in [-0.4, -0.2) is 17.2 Å². The predicted octanol–water partition coefficient (Wildman–Crippen LogP) is 4.95. The molecule has 4 rings (SSSR count). The molecule has 6 heteroatoms. The van der Waals surface area contributed by atoms with E-state index in [2.05, 4.69) is 10.3 Å². The summed E-state index contributed by atoms with van der Waals surface area (Å²) in [7, 11) is 0. The lowest BCUT2D eigenvalue weighted by molar-refractivity contribution is 0.102. The monoisotopic (exact) mass is 388 g/mol. The zero-order valence-electron chi connectivity index (χ0n) is 15.3. The molecule has 0 saturated heterocycles. The molecule has 0 aliphatic carbocycles. The van der Waals surface area contributed by atoms with E-state index in [9.17, 15) is 14.0 Å². The molecule has 0 atom stereocenters. The van der Waals surface area contributed by atoms with Gasteiger partial charge in [-0.25, -0.2) is 4.39 Å². The van der Waals surface area contributed by atoms with E-state index in [1.807, 2.05) is 30.3 Å². The highest BCUT2D eigenvalue weighted by Gasteiger charge is 2.12. The van der Waals surface area contributed by atoms with Crippen LogP contribution in [0.25, 0.3) is 10.9 Å². The maximum Gasteiger partial charge on any atom is 0.272 e. The number of hydrogen-bond acceptors (Lipinski definition) is 3. The Hall–Kier alpha value is -3.93. The van der Waals surface area contributed by atoms with Crippen molar-refractivity contribution in [2.24, 2.45) is 0 Å². The van der Waals surface area contributed by atoms with Gasteiger partial charge in [0.1, 0.15) is 23.9 Å². The standard InChI is InChI=1S/C23H17FN2O3/c24-18-6-8-20-16(10-18)12-21(26-20)23(28)25-19-7-9-22(17(11-19)13-27)29-14-15-4-2-1-3-5-15/h1-13,26H,14H2,(H,25,28). The normalized spacial score (nSPS) is 10.7. The van der Waals surface area contributed by atoms with Crippen molar-refractivity contribution in [2.45, 2.75) is 6.61 Å². The number of anilines is 1. The molecule has 0 aliphatic heterocycles. The van der Waals surface area contributed by atoms with Gasteiger partial charge in [0.05, 0.1) is 5.56 Å². The Balaban J connectivity index is 1.49. The largest absolute Gasteiger partial charge is 0.488 e. The van der Waals surface area contributed by atoms with Gasteiger partial charge in [0, 0.05) is 16.6 Å². The summed E-state index contributed by atoms with van der Waals surface area (Å²) in [6, 6.07) is 20.3. The Morgan fingerprint density at radius 2 is 1.86 bits per heavy atom. The van der Waals surface area contributed by atoms with Crippen molar-refractivity contribution in [3.05, 3.63) is 95.4 Å². The van der Waals surface area contributed by atoms with E-state index in [0.717, 1.165) is 5.56 Å². The minimum atomic E-state index is -0.392. The summed E-state index contributed by atoms with van der Waals surface area (Å²) in [6.07, 6.45) is 0.682. The third kappa shape index (κ3) is 4.16. The molecule has 2 N–H and O–H groups in total. The Morgan fingerprint density at radius 3 is 2.66 bits per heavy atom. The second-order valence-electron chi connectivity index (χ2n) is 6.51. The van der Waals surface area contributed by atoms with Crippen molar-refractivity contribution < 1.29 is 18.7 Å². The van der Waals surface area contributed by atoms with Gasteiger partial charge in [0.15, 0.2) is 6.29 Å². The van der Waals surface area contributed by atoms with Gasteiger partial charge in [-0.15, -0.1) is 0 Å². The first kappa shape index (κ1) is 18.4. The molecule has 0 radical (unpaired) electrons. The summed E-state index contributed by atoms with van der Waals surface area (Å²) in [5, 5.41) is 3.34. The van der Waals surface area contributed by atoms with Gasteiger partial charge in [-0.1, -0.05) is 30.3 Å². The van der Waals surface area contributed by atoms with E-state index < -0.39 is 5.91 Å². The molecule has 0 unspecified atom stereocenters. The number of ether oxygens (including phenoxy) is 1. The molecule has 29 heavy (non-hydrogen) atoms. The minimum absolute atomic E-state index is 0.294. The number of carbonyl (C=O) groups excluding carboxylic acids is 2. The smallest absolute Gasteiger partial charge is 0.272 e. The van der Waals surface area contributed by atoms with E-state index in [4.69, 9.17) is 4.74 Å². The maximum atomic E-state index is 13.3. The third-order valence-corrected chi connectivity index (χ3v) is 4.46. The first-order valence-electron chi connectivity index (χ1n) is 8.98. The molecule has 1 amide bonds. The van der Waals surface area contributed by atoms with Gasteiger partial charge < -0.3 is 15.0 Å². The maximum absolute atomic E-state index is 13.3. The molecular formula is C23H17FN2O3. The molecule has 0 aliphatic rings. The predicted molar refractivity (Wildman–Crippen MR) is 109 cm³/mol. The Morgan fingerprint density at radius 1 is 1.03 bits per heavy atom. The van der Waals surface area contributed by atoms with E-state index in [1.165, 1.54) is 12.1 Å². The number of amides is 1. The van der Waals surface area contributed by atoms with Crippen LogP contribution < -0.4 is 10.1 Å². The number of H-pyrrole nitrogens is 1. The van der Waals surface area contributed by atoms with Gasteiger partial charge in [0.25, 0.3) is 5.91 Å². The van der Waals surface area contributed by atoms with Crippen LogP contribution in [0.1, 0.15) is 26.4 Å². The first-order valence-corrected chi connectivity index (χ1v) is 8.98. The fourth-order valence-corrected chi connectivity index (χ4v) is 3.01. The number of benzene rings is 3. The third-order valence-electron chi connectivity index (χ3n) is 4.46. The second-order valence-corrected chi connectivity index (χ2v) is 6.51. The first-order chi connectivity index (χ1) is 14.1. The molecule has 5 nitrogen and oxygen atoms in total. The van der Waals surface area contributed by atoms with Gasteiger partial charge >= 0.3 is 0 Å².